The fourth-order valence-electron chi connectivity index (χ4n) is 2.74. The Bertz CT molecular complexity index is 661. The van der Waals surface area contributed by atoms with Crippen LogP contribution < -0.4 is 16.4 Å². The van der Waals surface area contributed by atoms with E-state index in [1.807, 2.05) is 6.07 Å². The number of aliphatic hydroxyl groups is 1. The first-order chi connectivity index (χ1) is 12.8. The third-order valence-corrected chi connectivity index (χ3v) is 4.53. The SMILES string of the molecule is CN(C)C(=O)[C@@H](NC(=O)CNC(=O)[C@H](O)C(N)CC1CC1)c1ccccc1. The van der Waals surface area contributed by atoms with Gasteiger partial charge in [0.15, 0.2) is 0 Å². The molecule has 0 radical (unpaired) electrons. The molecule has 1 unspecified atom stereocenters. The molecule has 0 heterocycles. The molecule has 1 aliphatic carbocycles. The summed E-state index contributed by atoms with van der Waals surface area (Å²) in [5, 5.41) is 15.0. The first kappa shape index (κ1) is 20.9. The van der Waals surface area contributed by atoms with Crippen molar-refractivity contribution in [2.24, 2.45) is 11.7 Å². The highest BCUT2D eigenvalue weighted by molar-refractivity contribution is 5.91. The number of carbonyl (C=O) groups excluding carboxylic acids is 3. The number of hydrogen-bond donors (Lipinski definition) is 4. The molecule has 1 aromatic rings. The molecule has 1 aromatic carbocycles. The Hall–Kier alpha value is -2.45. The summed E-state index contributed by atoms with van der Waals surface area (Å²) in [6.45, 7) is -0.351. The zero-order chi connectivity index (χ0) is 20.0. The van der Waals surface area contributed by atoms with Gasteiger partial charge in [-0.15, -0.1) is 0 Å². The van der Waals surface area contributed by atoms with Gasteiger partial charge < -0.3 is 26.4 Å². The monoisotopic (exact) mass is 376 g/mol. The Morgan fingerprint density at radius 3 is 2.41 bits per heavy atom. The van der Waals surface area contributed by atoms with Crippen LogP contribution in [0, 0.1) is 5.92 Å². The average molecular weight is 376 g/mol. The van der Waals surface area contributed by atoms with Crippen LogP contribution in [-0.4, -0.2) is 60.5 Å². The van der Waals surface area contributed by atoms with E-state index in [0.717, 1.165) is 12.8 Å². The standard InChI is InChI=1S/C19H28N4O4/c1-23(2)19(27)16(13-6-4-3-5-7-13)22-15(24)11-21-18(26)17(25)14(20)10-12-8-9-12/h3-7,12,14,16-17,25H,8-11,20H2,1-2H3,(H,21,26)(H,22,24)/t14?,16-,17+/m0/s1. The third-order valence-electron chi connectivity index (χ3n) is 4.53. The lowest BCUT2D eigenvalue weighted by atomic mass is 10.0. The first-order valence-corrected chi connectivity index (χ1v) is 9.06. The third kappa shape index (κ3) is 6.33. The predicted molar refractivity (Wildman–Crippen MR) is 100 cm³/mol. The first-order valence-electron chi connectivity index (χ1n) is 9.06. The average Bonchev–Trinajstić information content (AvgIpc) is 3.47. The molecular formula is C19H28N4O4. The van der Waals surface area contributed by atoms with Crippen LogP contribution in [0.1, 0.15) is 30.9 Å². The summed E-state index contributed by atoms with van der Waals surface area (Å²) in [6, 6.07) is 7.35. The van der Waals surface area contributed by atoms with E-state index in [9.17, 15) is 19.5 Å². The molecule has 8 nitrogen and oxygen atoms in total. The van der Waals surface area contributed by atoms with Gasteiger partial charge in [0, 0.05) is 20.1 Å². The minimum atomic E-state index is -1.35. The Kier molecular flexibility index (Phi) is 7.32. The summed E-state index contributed by atoms with van der Waals surface area (Å²) in [7, 11) is 3.20. The van der Waals surface area contributed by atoms with Crippen LogP contribution in [0.2, 0.25) is 0 Å². The van der Waals surface area contributed by atoms with Crippen molar-refractivity contribution in [2.75, 3.05) is 20.6 Å². The topological polar surface area (TPSA) is 125 Å². The number of carbonyl (C=O) groups is 3. The Morgan fingerprint density at radius 1 is 1.22 bits per heavy atom. The number of likely N-dealkylation sites (N-methyl/N-ethyl adjacent to an activating group) is 1. The summed E-state index contributed by atoms with van der Waals surface area (Å²) in [6.07, 6.45) is 1.39. The van der Waals surface area contributed by atoms with E-state index in [1.54, 1.807) is 38.4 Å². The van der Waals surface area contributed by atoms with Crippen molar-refractivity contribution >= 4 is 17.7 Å². The van der Waals surface area contributed by atoms with E-state index in [-0.39, 0.29) is 12.5 Å². The second kappa shape index (κ2) is 9.48. The maximum absolute atomic E-state index is 12.4. The highest BCUT2D eigenvalue weighted by Crippen LogP contribution is 2.33. The maximum Gasteiger partial charge on any atom is 0.250 e. The molecule has 0 spiro atoms. The molecule has 0 saturated heterocycles. The van der Waals surface area contributed by atoms with Gasteiger partial charge in [-0.25, -0.2) is 0 Å². The molecule has 3 amide bonds. The van der Waals surface area contributed by atoms with Gasteiger partial charge in [0.2, 0.25) is 11.8 Å². The summed E-state index contributed by atoms with van der Waals surface area (Å²) in [4.78, 5) is 38.0. The highest BCUT2D eigenvalue weighted by Gasteiger charge is 2.30. The molecule has 0 bridgehead atoms. The number of benzene rings is 1. The molecule has 1 saturated carbocycles. The van der Waals surface area contributed by atoms with Crippen molar-refractivity contribution in [1.82, 2.24) is 15.5 Å². The largest absolute Gasteiger partial charge is 0.382 e. The normalized spacial score (nSPS) is 16.7. The number of aliphatic hydroxyl groups excluding tert-OH is 1. The van der Waals surface area contributed by atoms with Crippen LogP contribution in [0.3, 0.4) is 0 Å². The fraction of sp³-hybridized carbons (Fsp3) is 0.526. The lowest BCUT2D eigenvalue weighted by Gasteiger charge is -2.22. The fourth-order valence-corrected chi connectivity index (χ4v) is 2.74. The van der Waals surface area contributed by atoms with E-state index in [0.29, 0.717) is 17.9 Å². The number of nitrogens with two attached hydrogens (primary N) is 1. The molecule has 2 rings (SSSR count). The summed E-state index contributed by atoms with van der Waals surface area (Å²) >= 11 is 0. The van der Waals surface area contributed by atoms with E-state index in [1.165, 1.54) is 4.90 Å². The van der Waals surface area contributed by atoms with Crippen molar-refractivity contribution in [3.8, 4) is 0 Å². The Balaban J connectivity index is 1.89. The van der Waals surface area contributed by atoms with Crippen LogP contribution >= 0.6 is 0 Å². The molecular weight excluding hydrogens is 348 g/mol. The van der Waals surface area contributed by atoms with Crippen molar-refractivity contribution in [1.29, 1.82) is 0 Å². The number of nitrogens with one attached hydrogen (secondary N) is 2. The lowest BCUT2D eigenvalue weighted by molar-refractivity contribution is -0.135. The van der Waals surface area contributed by atoms with Crippen LogP contribution in [0.25, 0.3) is 0 Å². The van der Waals surface area contributed by atoms with Crippen LogP contribution in [-0.2, 0) is 14.4 Å². The van der Waals surface area contributed by atoms with Gasteiger partial charge in [0.1, 0.15) is 12.1 Å². The Morgan fingerprint density at radius 2 is 1.85 bits per heavy atom. The van der Waals surface area contributed by atoms with Crippen molar-refractivity contribution < 1.29 is 19.5 Å². The van der Waals surface area contributed by atoms with Crippen LogP contribution in [0.5, 0.6) is 0 Å². The molecule has 8 heteroatoms. The lowest BCUT2D eigenvalue weighted by Crippen LogP contribution is -2.50. The highest BCUT2D eigenvalue weighted by atomic mass is 16.3. The van der Waals surface area contributed by atoms with Crippen LogP contribution in [0.4, 0.5) is 0 Å². The van der Waals surface area contributed by atoms with E-state index >= 15 is 0 Å². The summed E-state index contributed by atoms with van der Waals surface area (Å²) in [5.41, 5.74) is 6.47. The minimum Gasteiger partial charge on any atom is -0.382 e. The molecule has 0 aromatic heterocycles. The molecule has 148 valence electrons. The molecule has 3 atom stereocenters. The van der Waals surface area contributed by atoms with Gasteiger partial charge in [0.25, 0.3) is 5.91 Å². The smallest absolute Gasteiger partial charge is 0.250 e. The van der Waals surface area contributed by atoms with Crippen molar-refractivity contribution in [3.05, 3.63) is 35.9 Å². The zero-order valence-electron chi connectivity index (χ0n) is 15.7. The van der Waals surface area contributed by atoms with E-state index in [2.05, 4.69) is 10.6 Å². The number of rotatable bonds is 9. The quantitative estimate of drug-likeness (QED) is 0.464. The molecule has 5 N–H and O–H groups in total. The van der Waals surface area contributed by atoms with Gasteiger partial charge >= 0.3 is 0 Å². The summed E-state index contributed by atoms with van der Waals surface area (Å²) < 4.78 is 0. The van der Waals surface area contributed by atoms with Gasteiger partial charge in [0.05, 0.1) is 6.54 Å². The van der Waals surface area contributed by atoms with Gasteiger partial charge in [-0.3, -0.25) is 14.4 Å². The number of nitrogens with zero attached hydrogens (tertiary/aromatic N) is 1. The summed E-state index contributed by atoms with van der Waals surface area (Å²) in [5.74, 6) is -1.02. The van der Waals surface area contributed by atoms with E-state index in [4.69, 9.17) is 5.73 Å². The second-order valence-corrected chi connectivity index (χ2v) is 7.15. The van der Waals surface area contributed by atoms with Gasteiger partial charge in [-0.1, -0.05) is 43.2 Å². The van der Waals surface area contributed by atoms with E-state index < -0.39 is 30.0 Å². The zero-order valence-corrected chi connectivity index (χ0v) is 15.7. The van der Waals surface area contributed by atoms with Crippen molar-refractivity contribution in [3.63, 3.8) is 0 Å². The van der Waals surface area contributed by atoms with Crippen LogP contribution in [0.15, 0.2) is 30.3 Å². The predicted octanol–water partition coefficient (Wildman–Crippen LogP) is -0.463. The molecule has 1 aliphatic rings. The van der Waals surface area contributed by atoms with Crippen molar-refractivity contribution in [2.45, 2.75) is 37.5 Å². The minimum absolute atomic E-state index is 0.285. The number of amides is 3. The second-order valence-electron chi connectivity index (χ2n) is 7.15. The van der Waals surface area contributed by atoms with Gasteiger partial charge in [-0.2, -0.15) is 0 Å². The molecule has 1 fully saturated rings. The Labute approximate surface area is 159 Å². The maximum atomic E-state index is 12.4. The number of hydrogen-bond acceptors (Lipinski definition) is 5. The molecule has 27 heavy (non-hydrogen) atoms. The molecule has 0 aliphatic heterocycles. The van der Waals surface area contributed by atoms with Gasteiger partial charge in [-0.05, 0) is 17.9 Å².